The Labute approximate surface area is 279 Å². The number of hydrogen-bond donors (Lipinski definition) is 1. The van der Waals surface area contributed by atoms with Crippen LogP contribution in [-0.2, 0) is 0 Å². The maximum atomic E-state index is 6.28. The van der Waals surface area contributed by atoms with Crippen molar-refractivity contribution in [2.75, 3.05) is 0 Å². The van der Waals surface area contributed by atoms with Crippen LogP contribution in [-0.4, -0.2) is 24.8 Å². The summed E-state index contributed by atoms with van der Waals surface area (Å²) in [5.74, 6) is 3.80. The van der Waals surface area contributed by atoms with Crippen molar-refractivity contribution in [2.45, 2.75) is 108 Å². The van der Waals surface area contributed by atoms with Gasteiger partial charge in [-0.2, -0.15) is 0 Å². The number of allylic oxidation sites excluding steroid dienone is 10. The van der Waals surface area contributed by atoms with Crippen LogP contribution in [0.25, 0.3) is 0 Å². The van der Waals surface area contributed by atoms with Gasteiger partial charge in [0.2, 0.25) is 0 Å². The smallest absolute Gasteiger partial charge is 0.105 e. The van der Waals surface area contributed by atoms with Gasteiger partial charge in [-0.15, -0.1) is 12.6 Å². The van der Waals surface area contributed by atoms with Crippen molar-refractivity contribution < 1.29 is 0 Å². The van der Waals surface area contributed by atoms with Crippen molar-refractivity contribution in [3.05, 3.63) is 108 Å². The number of hydrogen-bond acceptors (Lipinski definition) is 2. The van der Waals surface area contributed by atoms with E-state index in [0.717, 1.165) is 18.5 Å². The molecule has 3 aliphatic carbocycles. The van der Waals surface area contributed by atoms with E-state index in [1.807, 2.05) is 0 Å². The Morgan fingerprint density at radius 1 is 0.956 bits per heavy atom. The molecule has 0 heterocycles. The largest absolute Gasteiger partial charge is 0.379 e. The van der Waals surface area contributed by atoms with Gasteiger partial charge in [0, 0.05) is 23.0 Å². The monoisotopic (exact) mass is 607 g/mol. The highest BCUT2D eigenvalue weighted by Gasteiger charge is 2.38. The SMILES string of the molecule is [B]/C=C(/C)N(C1=CC(NC2=CC(C(C)(C)C)C(C(C)(C)C)C=C2)CC=C1)C1C=CC(C(C)(C)C)=CC1C(C=C)C/C=C/C(C)C. The number of nitrogens with zero attached hydrogens (tertiary/aromatic N) is 1. The normalized spacial score (nSPS) is 26.9. The van der Waals surface area contributed by atoms with Gasteiger partial charge < -0.3 is 10.2 Å². The molecular weight excluding hydrogens is 543 g/mol. The summed E-state index contributed by atoms with van der Waals surface area (Å²) in [5, 5.41) is 3.90. The molecule has 6 atom stereocenters. The zero-order valence-corrected chi connectivity index (χ0v) is 30.7. The second-order valence-corrected chi connectivity index (χ2v) is 17.0. The Hall–Kier alpha value is -2.68. The fourth-order valence-corrected chi connectivity index (χ4v) is 6.97. The lowest BCUT2D eigenvalue weighted by Crippen LogP contribution is -2.42. The van der Waals surface area contributed by atoms with Crippen LogP contribution in [0, 0.1) is 45.8 Å². The Kier molecular flexibility index (Phi) is 12.1. The molecule has 0 bridgehead atoms. The first kappa shape index (κ1) is 36.8. The maximum Gasteiger partial charge on any atom is 0.105 e. The molecule has 244 valence electrons. The quantitative estimate of drug-likeness (QED) is 0.197. The van der Waals surface area contributed by atoms with E-state index in [9.17, 15) is 0 Å². The van der Waals surface area contributed by atoms with Crippen LogP contribution in [0.15, 0.2) is 108 Å². The van der Waals surface area contributed by atoms with Gasteiger partial charge in [0.15, 0.2) is 0 Å². The zero-order valence-electron chi connectivity index (χ0n) is 30.7. The summed E-state index contributed by atoms with van der Waals surface area (Å²) in [4.78, 5) is 2.45. The predicted molar refractivity (Wildman–Crippen MR) is 199 cm³/mol. The predicted octanol–water partition coefficient (Wildman–Crippen LogP) is 10.8. The van der Waals surface area contributed by atoms with Crippen molar-refractivity contribution >= 4 is 7.85 Å². The van der Waals surface area contributed by atoms with Crippen LogP contribution in [0.1, 0.15) is 95.9 Å². The molecule has 2 radical (unpaired) electrons. The standard InChI is InChI=1S/C42H63BN2/c1-14-31(18-15-17-29(2)3)36-25-32(40(5,6)7)21-24-39(36)45(30(4)28-43)35-20-16-19-33(26-35)44-34-22-23-37(41(8,9)10)38(27-34)42(11,12)13/h14-17,20-29,31,33,36-39,44H,1,18-19H2,2-13H3/b17-15+,30-28-. The summed E-state index contributed by atoms with van der Waals surface area (Å²) in [6.07, 6.45) is 30.2. The van der Waals surface area contributed by atoms with E-state index in [-0.39, 0.29) is 34.2 Å². The third-order valence-electron chi connectivity index (χ3n) is 9.66. The third-order valence-corrected chi connectivity index (χ3v) is 9.66. The summed E-state index contributed by atoms with van der Waals surface area (Å²) in [6, 6.07) is 0.310. The molecule has 0 aromatic rings. The minimum atomic E-state index is 0.0694. The molecule has 0 aliphatic heterocycles. The van der Waals surface area contributed by atoms with Crippen molar-refractivity contribution in [1.82, 2.24) is 10.2 Å². The Bertz CT molecular complexity index is 1270. The zero-order chi connectivity index (χ0) is 33.7. The van der Waals surface area contributed by atoms with Gasteiger partial charge in [0.1, 0.15) is 7.85 Å². The Morgan fingerprint density at radius 3 is 2.18 bits per heavy atom. The molecule has 6 unspecified atom stereocenters. The molecule has 0 saturated heterocycles. The van der Waals surface area contributed by atoms with Crippen LogP contribution in [0.5, 0.6) is 0 Å². The molecule has 1 N–H and O–H groups in total. The van der Waals surface area contributed by atoms with Crippen LogP contribution < -0.4 is 5.32 Å². The van der Waals surface area contributed by atoms with Crippen molar-refractivity contribution in [3.8, 4) is 0 Å². The highest BCUT2D eigenvalue weighted by atomic mass is 15.2. The van der Waals surface area contributed by atoms with Crippen molar-refractivity contribution in [1.29, 1.82) is 0 Å². The summed E-state index contributed by atoms with van der Waals surface area (Å²) in [6.45, 7) is 32.0. The van der Waals surface area contributed by atoms with E-state index in [1.165, 1.54) is 17.0 Å². The van der Waals surface area contributed by atoms with Gasteiger partial charge in [0.25, 0.3) is 0 Å². The first-order valence-electron chi connectivity index (χ1n) is 17.3. The van der Waals surface area contributed by atoms with E-state index in [1.54, 1.807) is 5.98 Å². The maximum absolute atomic E-state index is 6.28. The Morgan fingerprint density at radius 2 is 1.62 bits per heavy atom. The highest BCUT2D eigenvalue weighted by molar-refractivity contribution is 6.17. The first-order chi connectivity index (χ1) is 20.9. The van der Waals surface area contributed by atoms with Crippen molar-refractivity contribution in [3.63, 3.8) is 0 Å². The van der Waals surface area contributed by atoms with Gasteiger partial charge in [-0.3, -0.25) is 0 Å². The van der Waals surface area contributed by atoms with Crippen LogP contribution >= 0.6 is 0 Å². The van der Waals surface area contributed by atoms with Crippen molar-refractivity contribution in [2.24, 2.45) is 45.8 Å². The lowest BCUT2D eigenvalue weighted by Gasteiger charge is -2.44. The lowest BCUT2D eigenvalue weighted by molar-refractivity contribution is 0.140. The molecule has 3 heteroatoms. The molecule has 3 rings (SSSR count). The second kappa shape index (κ2) is 14.8. The highest BCUT2D eigenvalue weighted by Crippen LogP contribution is 2.45. The molecule has 2 nitrogen and oxygen atoms in total. The minimum absolute atomic E-state index is 0.0694. The fraction of sp³-hybridized carbons (Fsp3) is 0.571. The van der Waals surface area contributed by atoms with Crippen LogP contribution in [0.2, 0.25) is 0 Å². The van der Waals surface area contributed by atoms with Gasteiger partial charge in [-0.05, 0) is 83.5 Å². The fourth-order valence-electron chi connectivity index (χ4n) is 6.97. The molecule has 0 amide bonds. The molecule has 0 aromatic carbocycles. The summed E-state index contributed by atoms with van der Waals surface area (Å²) < 4.78 is 0. The number of nitrogens with one attached hydrogen (secondary N) is 1. The van der Waals surface area contributed by atoms with E-state index in [2.05, 4.69) is 173 Å². The third kappa shape index (κ3) is 9.66. The van der Waals surface area contributed by atoms with E-state index in [0.29, 0.717) is 23.7 Å². The van der Waals surface area contributed by atoms with Gasteiger partial charge in [0.05, 0.1) is 12.1 Å². The van der Waals surface area contributed by atoms with Gasteiger partial charge >= 0.3 is 0 Å². The second-order valence-electron chi connectivity index (χ2n) is 17.0. The molecule has 0 fully saturated rings. The topological polar surface area (TPSA) is 15.3 Å². The average molecular weight is 607 g/mol. The van der Waals surface area contributed by atoms with E-state index >= 15 is 0 Å². The summed E-state index contributed by atoms with van der Waals surface area (Å²) in [7, 11) is 6.28. The van der Waals surface area contributed by atoms with Gasteiger partial charge in [-0.25, -0.2) is 0 Å². The molecular formula is C42H63BN2. The van der Waals surface area contributed by atoms with E-state index in [4.69, 9.17) is 7.85 Å². The molecule has 0 spiro atoms. The minimum Gasteiger partial charge on any atom is -0.379 e. The number of rotatable bonds is 10. The summed E-state index contributed by atoms with van der Waals surface area (Å²) in [5.41, 5.74) is 5.30. The molecule has 3 aliphatic rings. The molecule has 45 heavy (non-hydrogen) atoms. The average Bonchev–Trinajstić information content (AvgIpc) is 2.94. The van der Waals surface area contributed by atoms with Gasteiger partial charge in [-0.1, -0.05) is 131 Å². The first-order valence-corrected chi connectivity index (χ1v) is 17.3. The lowest BCUT2D eigenvalue weighted by atomic mass is 9.62. The summed E-state index contributed by atoms with van der Waals surface area (Å²) >= 11 is 0. The molecule has 0 saturated carbocycles. The van der Waals surface area contributed by atoms with Crippen LogP contribution in [0.4, 0.5) is 0 Å². The van der Waals surface area contributed by atoms with Crippen LogP contribution in [0.3, 0.4) is 0 Å². The van der Waals surface area contributed by atoms with E-state index < -0.39 is 0 Å². The Balaban J connectivity index is 1.99. The molecule has 0 aromatic heterocycles.